The minimum absolute atomic E-state index is 0.285. The normalized spacial score (nSPS) is 22.9. The molecule has 0 amide bonds. The summed E-state index contributed by atoms with van der Waals surface area (Å²) in [4.78, 5) is 6.65. The lowest BCUT2D eigenvalue weighted by Gasteiger charge is -2.29. The summed E-state index contributed by atoms with van der Waals surface area (Å²) in [6, 6.07) is 0. The highest BCUT2D eigenvalue weighted by Crippen LogP contribution is 2.14. The summed E-state index contributed by atoms with van der Waals surface area (Å²) in [5, 5.41) is 6.35. The number of anilines is 1. The Hall–Kier alpha value is -0.650. The topological polar surface area (TPSA) is 37.4 Å². The van der Waals surface area contributed by atoms with E-state index in [-0.39, 0.29) is 6.10 Å². The Morgan fingerprint density at radius 2 is 2.60 bits per heavy atom. The van der Waals surface area contributed by atoms with Gasteiger partial charge in [-0.3, -0.25) is 0 Å². The molecule has 0 bridgehead atoms. The van der Waals surface area contributed by atoms with Crippen LogP contribution in [0.4, 0.5) is 5.13 Å². The van der Waals surface area contributed by atoms with E-state index in [1.807, 2.05) is 6.92 Å². The highest BCUT2D eigenvalue weighted by Gasteiger charge is 2.17. The van der Waals surface area contributed by atoms with Crippen LogP contribution in [-0.4, -0.2) is 49.3 Å². The Morgan fingerprint density at radius 3 is 3.27 bits per heavy atom. The second kappa shape index (κ2) is 4.92. The Morgan fingerprint density at radius 1 is 1.73 bits per heavy atom. The van der Waals surface area contributed by atoms with Crippen molar-refractivity contribution >= 4 is 16.5 Å². The first kappa shape index (κ1) is 10.9. The number of thiazole rings is 1. The fourth-order valence-corrected chi connectivity index (χ4v) is 2.32. The lowest BCUT2D eigenvalue weighted by Crippen LogP contribution is -2.43. The molecular formula is C10H17N3OS. The van der Waals surface area contributed by atoms with Gasteiger partial charge in [0.1, 0.15) is 0 Å². The molecular weight excluding hydrogens is 210 g/mol. The van der Waals surface area contributed by atoms with E-state index in [1.54, 1.807) is 11.3 Å². The third-order valence-electron chi connectivity index (χ3n) is 2.44. The van der Waals surface area contributed by atoms with Crippen LogP contribution in [0, 0.1) is 6.92 Å². The van der Waals surface area contributed by atoms with Gasteiger partial charge in [0.15, 0.2) is 5.13 Å². The molecule has 84 valence electrons. The van der Waals surface area contributed by atoms with Crippen LogP contribution in [0.25, 0.3) is 0 Å². The van der Waals surface area contributed by atoms with Crippen molar-refractivity contribution in [3.63, 3.8) is 0 Å². The van der Waals surface area contributed by atoms with Gasteiger partial charge in [0, 0.05) is 25.0 Å². The highest BCUT2D eigenvalue weighted by atomic mass is 32.1. The Balaban J connectivity index is 1.77. The molecule has 0 saturated carbocycles. The first-order valence-corrected chi connectivity index (χ1v) is 6.08. The monoisotopic (exact) mass is 227 g/mol. The third-order valence-corrected chi connectivity index (χ3v) is 3.36. The van der Waals surface area contributed by atoms with Gasteiger partial charge in [-0.15, -0.1) is 11.3 Å². The smallest absolute Gasteiger partial charge is 0.182 e. The number of aryl methyl sites for hydroxylation is 1. The van der Waals surface area contributed by atoms with Crippen LogP contribution in [0.5, 0.6) is 0 Å². The predicted octanol–water partition coefficient (Wildman–Crippen LogP) is 1.19. The molecule has 1 aromatic heterocycles. The van der Waals surface area contributed by atoms with Gasteiger partial charge in [-0.25, -0.2) is 4.98 Å². The van der Waals surface area contributed by atoms with Crippen LogP contribution in [0.3, 0.4) is 0 Å². The predicted molar refractivity (Wildman–Crippen MR) is 62.6 cm³/mol. The van der Waals surface area contributed by atoms with Crippen molar-refractivity contribution < 1.29 is 4.74 Å². The molecule has 4 nitrogen and oxygen atoms in total. The molecule has 2 heterocycles. The average Bonchev–Trinajstić information content (AvgIpc) is 2.62. The number of likely N-dealkylation sites (N-methyl/N-ethyl adjacent to an activating group) is 1. The second-order valence-corrected chi connectivity index (χ2v) is 4.79. The Labute approximate surface area is 94.3 Å². The van der Waals surface area contributed by atoms with Crippen molar-refractivity contribution in [1.82, 2.24) is 9.88 Å². The van der Waals surface area contributed by atoms with Crippen LogP contribution in [-0.2, 0) is 4.74 Å². The third kappa shape index (κ3) is 3.15. The summed E-state index contributed by atoms with van der Waals surface area (Å²) in [7, 11) is 2.13. The maximum Gasteiger partial charge on any atom is 0.182 e. The Bertz CT molecular complexity index is 315. The molecule has 1 aliphatic heterocycles. The maximum absolute atomic E-state index is 5.65. The van der Waals surface area contributed by atoms with E-state index in [0.717, 1.165) is 37.1 Å². The molecule has 0 aliphatic carbocycles. The molecule has 1 aromatic rings. The molecule has 1 saturated heterocycles. The molecule has 2 rings (SSSR count). The van der Waals surface area contributed by atoms with Crippen molar-refractivity contribution in [2.45, 2.75) is 13.0 Å². The first-order valence-electron chi connectivity index (χ1n) is 5.20. The highest BCUT2D eigenvalue weighted by molar-refractivity contribution is 7.13. The number of hydrogen-bond acceptors (Lipinski definition) is 5. The van der Waals surface area contributed by atoms with E-state index in [0.29, 0.717) is 0 Å². The molecule has 0 radical (unpaired) electrons. The average molecular weight is 227 g/mol. The number of hydrogen-bond donors (Lipinski definition) is 1. The summed E-state index contributed by atoms with van der Waals surface area (Å²) in [5.74, 6) is 0. The zero-order valence-corrected chi connectivity index (χ0v) is 10.0. The van der Waals surface area contributed by atoms with Crippen molar-refractivity contribution in [1.29, 1.82) is 0 Å². The van der Waals surface area contributed by atoms with Gasteiger partial charge >= 0.3 is 0 Å². The van der Waals surface area contributed by atoms with Gasteiger partial charge < -0.3 is 15.0 Å². The summed E-state index contributed by atoms with van der Waals surface area (Å²) in [6.07, 6.45) is 0.285. The van der Waals surface area contributed by atoms with E-state index in [4.69, 9.17) is 4.74 Å². The number of nitrogens with one attached hydrogen (secondary N) is 1. The van der Waals surface area contributed by atoms with Crippen molar-refractivity contribution in [3.05, 3.63) is 11.1 Å². The van der Waals surface area contributed by atoms with Gasteiger partial charge in [0.25, 0.3) is 0 Å². The quantitative estimate of drug-likeness (QED) is 0.842. The van der Waals surface area contributed by atoms with Gasteiger partial charge in [-0.1, -0.05) is 0 Å². The minimum Gasteiger partial charge on any atom is -0.374 e. The zero-order valence-electron chi connectivity index (χ0n) is 9.19. The molecule has 0 aromatic carbocycles. The minimum atomic E-state index is 0.285. The number of nitrogens with zero attached hydrogens (tertiary/aromatic N) is 2. The molecule has 15 heavy (non-hydrogen) atoms. The standard InChI is InChI=1S/C10H17N3OS/c1-8-7-15-10(12-8)11-5-9-6-13(2)3-4-14-9/h7,9H,3-6H2,1-2H3,(H,11,12)/t9-/m1/s1. The van der Waals surface area contributed by atoms with Crippen LogP contribution >= 0.6 is 11.3 Å². The van der Waals surface area contributed by atoms with E-state index in [1.165, 1.54) is 0 Å². The van der Waals surface area contributed by atoms with Gasteiger partial charge in [-0.05, 0) is 14.0 Å². The summed E-state index contributed by atoms with van der Waals surface area (Å²) in [6.45, 7) is 5.72. The molecule has 1 atom stereocenters. The number of morpholine rings is 1. The van der Waals surface area contributed by atoms with E-state index in [2.05, 4.69) is 27.6 Å². The lowest BCUT2D eigenvalue weighted by atomic mass is 10.3. The summed E-state index contributed by atoms with van der Waals surface area (Å²) >= 11 is 1.65. The van der Waals surface area contributed by atoms with Crippen LogP contribution in [0.15, 0.2) is 5.38 Å². The fourth-order valence-electron chi connectivity index (χ4n) is 1.63. The van der Waals surface area contributed by atoms with Gasteiger partial charge in [-0.2, -0.15) is 0 Å². The molecule has 1 N–H and O–H groups in total. The van der Waals surface area contributed by atoms with Gasteiger partial charge in [0.05, 0.1) is 18.4 Å². The number of ether oxygens (including phenoxy) is 1. The SMILES string of the molecule is Cc1csc(NC[C@@H]2CN(C)CCO2)n1. The van der Waals surface area contributed by atoms with Crippen LogP contribution in [0.2, 0.25) is 0 Å². The number of rotatable bonds is 3. The summed E-state index contributed by atoms with van der Waals surface area (Å²) < 4.78 is 5.65. The van der Waals surface area contributed by atoms with E-state index >= 15 is 0 Å². The number of aromatic nitrogens is 1. The largest absolute Gasteiger partial charge is 0.374 e. The molecule has 5 heteroatoms. The van der Waals surface area contributed by atoms with E-state index < -0.39 is 0 Å². The Kier molecular flexibility index (Phi) is 3.56. The molecule has 1 fully saturated rings. The van der Waals surface area contributed by atoms with Crippen molar-refractivity contribution in [3.8, 4) is 0 Å². The van der Waals surface area contributed by atoms with E-state index in [9.17, 15) is 0 Å². The van der Waals surface area contributed by atoms with Crippen LogP contribution < -0.4 is 5.32 Å². The fraction of sp³-hybridized carbons (Fsp3) is 0.700. The van der Waals surface area contributed by atoms with Gasteiger partial charge in [0.2, 0.25) is 0 Å². The maximum atomic E-state index is 5.65. The van der Waals surface area contributed by atoms with Crippen molar-refractivity contribution in [2.24, 2.45) is 0 Å². The zero-order chi connectivity index (χ0) is 10.7. The van der Waals surface area contributed by atoms with Crippen LogP contribution in [0.1, 0.15) is 5.69 Å². The molecule has 1 aliphatic rings. The molecule has 0 unspecified atom stereocenters. The lowest BCUT2D eigenvalue weighted by molar-refractivity contribution is -0.0117. The molecule has 0 spiro atoms. The summed E-state index contributed by atoms with van der Waals surface area (Å²) in [5.41, 5.74) is 1.07. The van der Waals surface area contributed by atoms with Crippen molar-refractivity contribution in [2.75, 3.05) is 38.6 Å². The first-order chi connectivity index (χ1) is 7.24. The second-order valence-electron chi connectivity index (χ2n) is 3.93.